The van der Waals surface area contributed by atoms with Gasteiger partial charge in [-0.05, 0) is 109 Å². The molecule has 7 heterocycles. The summed E-state index contributed by atoms with van der Waals surface area (Å²) in [5.74, 6) is 4.02. The molecule has 3 aliphatic rings. The minimum absolute atomic E-state index is 0. The maximum Gasteiger partial charge on any atom is 0.172 e. The van der Waals surface area contributed by atoms with E-state index in [4.69, 9.17) is 23.4 Å². The van der Waals surface area contributed by atoms with Crippen molar-refractivity contribution in [3.8, 4) is 0 Å². The van der Waals surface area contributed by atoms with Gasteiger partial charge in [0.2, 0.25) is 0 Å². The number of ether oxygens (including phenoxy) is 4. The first-order chi connectivity index (χ1) is 28.7. The number of ketones is 2. The van der Waals surface area contributed by atoms with E-state index in [9.17, 15) is 14.7 Å². The average molecular weight is 1030 g/mol. The van der Waals surface area contributed by atoms with Gasteiger partial charge in [0.25, 0.3) is 0 Å². The Hall–Kier alpha value is -1.07. The molecule has 4 N–H and O–H groups in total. The third-order valence-corrected chi connectivity index (χ3v) is 14.4. The Bertz CT molecular complexity index is 1750. The molecular formula is C49H79NO8S4Y. The Labute approximate surface area is 422 Å². The molecule has 3 aliphatic heterocycles. The molecule has 63 heavy (non-hydrogen) atoms. The fourth-order valence-electron chi connectivity index (χ4n) is 7.16. The Morgan fingerprint density at radius 2 is 1.27 bits per heavy atom. The largest absolute Gasteiger partial charge is 0.465 e. The molecule has 0 bridgehead atoms. The normalized spacial score (nSPS) is 17.7. The summed E-state index contributed by atoms with van der Waals surface area (Å²) < 4.78 is 29.0. The van der Waals surface area contributed by atoms with Crippen LogP contribution in [-0.2, 0) is 70.9 Å². The van der Waals surface area contributed by atoms with E-state index < -0.39 is 6.10 Å². The van der Waals surface area contributed by atoms with Crippen molar-refractivity contribution in [2.24, 2.45) is 0 Å². The van der Waals surface area contributed by atoms with Crippen molar-refractivity contribution in [3.05, 3.63) is 83.2 Å². The van der Waals surface area contributed by atoms with Crippen molar-refractivity contribution in [2.75, 3.05) is 19.0 Å². The summed E-state index contributed by atoms with van der Waals surface area (Å²) in [6.45, 7) is 15.9. The molecule has 0 aliphatic carbocycles. The van der Waals surface area contributed by atoms with Crippen LogP contribution in [0.3, 0.4) is 0 Å². The van der Waals surface area contributed by atoms with E-state index in [0.29, 0.717) is 19.3 Å². The molecule has 4 aromatic heterocycles. The summed E-state index contributed by atoms with van der Waals surface area (Å²) in [6.07, 6.45) is 13.2. The number of thiophene rings is 3. The van der Waals surface area contributed by atoms with Crippen LogP contribution >= 0.6 is 45.8 Å². The summed E-state index contributed by atoms with van der Waals surface area (Å²) in [5, 5.41) is 17.7. The number of carbonyl (C=O) groups excluding carboxylic acids is 2. The number of rotatable bonds is 16. The Kier molecular flexibility index (Phi) is 33.7. The second-order valence-corrected chi connectivity index (χ2v) is 18.4. The van der Waals surface area contributed by atoms with E-state index in [-0.39, 0.29) is 90.1 Å². The smallest absolute Gasteiger partial charge is 0.172 e. The number of fused-ring (bicyclic) bond motifs is 1. The number of aliphatic hydroxyl groups is 1. The van der Waals surface area contributed by atoms with Crippen molar-refractivity contribution in [1.29, 1.82) is 0 Å². The Morgan fingerprint density at radius 3 is 1.73 bits per heavy atom. The SMILES string of the molecule is C.C.CCC(=O)c1sccc1C(CC)OC1CCCCO1.CCC(=O)c1sccc1C(O)CC.CCC(OC1CCCCO1)c1ccsc1.CCc1oc(CC)c2c1CCS2.N.[Y]. The maximum atomic E-state index is 11.9. The van der Waals surface area contributed by atoms with E-state index in [1.807, 2.05) is 55.4 Å². The average Bonchev–Trinajstić information content (AvgIpc) is 4.15. The predicted molar refractivity (Wildman–Crippen MR) is 263 cm³/mol. The van der Waals surface area contributed by atoms with Gasteiger partial charge in [-0.1, -0.05) is 63.3 Å². The van der Waals surface area contributed by atoms with Gasteiger partial charge < -0.3 is 34.6 Å². The Balaban J connectivity index is 0.000000808. The van der Waals surface area contributed by atoms with Gasteiger partial charge >= 0.3 is 0 Å². The van der Waals surface area contributed by atoms with Crippen LogP contribution < -0.4 is 6.15 Å². The minimum atomic E-state index is -0.489. The number of hydrogen-bond acceptors (Lipinski definition) is 13. The summed E-state index contributed by atoms with van der Waals surface area (Å²) >= 11 is 6.62. The van der Waals surface area contributed by atoms with Gasteiger partial charge in [0.1, 0.15) is 11.5 Å². The summed E-state index contributed by atoms with van der Waals surface area (Å²) in [5.41, 5.74) is 4.61. The number of aryl methyl sites for hydroxylation is 2. The zero-order valence-corrected chi connectivity index (χ0v) is 43.8. The summed E-state index contributed by atoms with van der Waals surface area (Å²) in [6, 6.07) is 5.99. The summed E-state index contributed by atoms with van der Waals surface area (Å²) in [4.78, 5) is 26.4. The standard InChI is InChI=1S/C15H22O3S.C12H18O2S.C10H14O2S.C10H14OS.2CH4.H3N.Y/c1-3-12(16)15-11(8-10-19-15)13(4-2)18-14-7-5-6-9-17-14;1-2-11(10-6-8-15-9-10)14-12-5-3-4-7-13-12;1-3-8(11)7-5-6-13-10(7)9(12)4-2;1-3-8-7-5-6-12-10(7)9(4-2)11-8;;;;/h8,10,13-14H,3-7,9H2,1-2H3;6,8-9,11-12H,2-5,7H2,1H3;5-6,8,11H,3-4H2,1-2H3;3-6H2,1-2H3;2*1H4;1H3;. The van der Waals surface area contributed by atoms with Crippen molar-refractivity contribution < 1.29 is 70.8 Å². The monoisotopic (exact) mass is 1030 g/mol. The molecule has 2 saturated heterocycles. The molecule has 7 rings (SSSR count). The Morgan fingerprint density at radius 1 is 0.730 bits per heavy atom. The van der Waals surface area contributed by atoms with Crippen LogP contribution in [0.5, 0.6) is 0 Å². The maximum absolute atomic E-state index is 11.9. The van der Waals surface area contributed by atoms with Crippen molar-refractivity contribution in [1.82, 2.24) is 6.15 Å². The fraction of sp³-hybridized carbons (Fsp3) is 0.633. The molecule has 0 amide bonds. The second kappa shape index (κ2) is 34.3. The van der Waals surface area contributed by atoms with E-state index in [0.717, 1.165) is 85.5 Å². The molecule has 0 saturated carbocycles. The molecule has 9 nitrogen and oxygen atoms in total. The van der Waals surface area contributed by atoms with E-state index in [1.165, 1.54) is 75.2 Å². The molecule has 14 heteroatoms. The molecule has 0 aromatic carbocycles. The van der Waals surface area contributed by atoms with E-state index in [2.05, 4.69) is 44.5 Å². The molecule has 2 fully saturated rings. The first-order valence-corrected chi connectivity index (χ1v) is 25.6. The molecule has 1 radical (unpaired) electrons. The van der Waals surface area contributed by atoms with Crippen molar-refractivity contribution >= 4 is 57.3 Å². The number of aliphatic hydroxyl groups excluding tert-OH is 1. The quantitative estimate of drug-likeness (QED) is 0.104. The van der Waals surface area contributed by atoms with Crippen LogP contribution in [0.1, 0.15) is 205 Å². The molecule has 4 aromatic rings. The van der Waals surface area contributed by atoms with E-state index in [1.54, 1.807) is 11.3 Å². The third-order valence-electron chi connectivity index (χ3n) is 10.5. The number of furan rings is 1. The first kappa shape index (κ1) is 61.9. The fourth-order valence-corrected chi connectivity index (χ4v) is 11.0. The molecular weight excluding hydrogens is 948 g/mol. The van der Waals surface area contributed by atoms with Crippen LogP contribution in [0.25, 0.3) is 0 Å². The van der Waals surface area contributed by atoms with Crippen LogP contribution in [-0.4, -0.2) is 48.2 Å². The van der Waals surface area contributed by atoms with Gasteiger partial charge in [0.15, 0.2) is 24.1 Å². The minimum Gasteiger partial charge on any atom is -0.465 e. The van der Waals surface area contributed by atoms with Gasteiger partial charge in [-0.3, -0.25) is 9.59 Å². The number of hydrogen-bond donors (Lipinski definition) is 2. The zero-order chi connectivity index (χ0) is 42.6. The van der Waals surface area contributed by atoms with E-state index >= 15 is 0 Å². The van der Waals surface area contributed by atoms with Gasteiger partial charge in [0.05, 0.1) is 33.0 Å². The number of carbonyl (C=O) groups is 2. The zero-order valence-electron chi connectivity index (χ0n) is 37.7. The summed E-state index contributed by atoms with van der Waals surface area (Å²) in [7, 11) is 0. The van der Waals surface area contributed by atoms with Gasteiger partial charge in [0, 0.05) is 94.0 Å². The third kappa shape index (κ3) is 18.9. The van der Waals surface area contributed by atoms with Gasteiger partial charge in [-0.15, -0.1) is 34.4 Å². The topological polar surface area (TPSA) is 139 Å². The van der Waals surface area contributed by atoms with Crippen molar-refractivity contribution in [3.63, 3.8) is 0 Å². The molecule has 355 valence electrons. The predicted octanol–water partition coefficient (Wildman–Crippen LogP) is 15.3. The van der Waals surface area contributed by atoms with Gasteiger partial charge in [-0.25, -0.2) is 0 Å². The van der Waals surface area contributed by atoms with Crippen LogP contribution in [0.4, 0.5) is 0 Å². The van der Waals surface area contributed by atoms with Gasteiger partial charge in [-0.2, -0.15) is 11.3 Å². The molecule has 5 unspecified atom stereocenters. The van der Waals surface area contributed by atoms with Crippen LogP contribution in [0, 0.1) is 0 Å². The number of thioether (sulfide) groups is 1. The first-order valence-electron chi connectivity index (χ1n) is 21.9. The molecule has 0 spiro atoms. The van der Waals surface area contributed by atoms with Crippen LogP contribution in [0.15, 0.2) is 49.0 Å². The molecule has 5 atom stereocenters. The second-order valence-electron chi connectivity index (χ2n) is 14.7. The van der Waals surface area contributed by atoms with Crippen LogP contribution in [0.2, 0.25) is 0 Å². The number of Topliss-reactive ketones (excluding diaryl/α,β-unsaturated/α-hetero) is 2. The van der Waals surface area contributed by atoms with Crippen molar-refractivity contribution in [2.45, 2.75) is 189 Å².